The van der Waals surface area contributed by atoms with E-state index in [0.29, 0.717) is 44.4 Å². The zero-order chi connectivity index (χ0) is 17.6. The standard InChI is InChI=1S/C17H20FN5O2/c1-2-25-17(24)23-10-8-22(9-11-23)15-6-7-19-16(21-15)20-14-5-3-4-13(18)12-14/h3-7,12H,2,8-11H2,1H3,(H,19,20,21). The van der Waals surface area contributed by atoms with E-state index in [-0.39, 0.29) is 11.9 Å². The van der Waals surface area contributed by atoms with Gasteiger partial charge in [0.05, 0.1) is 6.61 Å². The zero-order valence-electron chi connectivity index (χ0n) is 14.0. The zero-order valence-corrected chi connectivity index (χ0v) is 14.0. The Morgan fingerprint density at radius 3 is 2.80 bits per heavy atom. The Morgan fingerprint density at radius 2 is 2.08 bits per heavy atom. The van der Waals surface area contributed by atoms with E-state index in [0.717, 1.165) is 5.82 Å². The summed E-state index contributed by atoms with van der Waals surface area (Å²) in [6.45, 7) is 4.65. The predicted octanol–water partition coefficient (Wildman–Crippen LogP) is 2.64. The summed E-state index contributed by atoms with van der Waals surface area (Å²) in [5.74, 6) is 0.838. The van der Waals surface area contributed by atoms with Gasteiger partial charge in [-0.15, -0.1) is 0 Å². The van der Waals surface area contributed by atoms with Gasteiger partial charge in [0.1, 0.15) is 11.6 Å². The number of carbonyl (C=O) groups is 1. The highest BCUT2D eigenvalue weighted by Gasteiger charge is 2.22. The van der Waals surface area contributed by atoms with E-state index in [4.69, 9.17) is 4.74 Å². The molecule has 2 aromatic rings. The lowest BCUT2D eigenvalue weighted by Gasteiger charge is -2.34. The average Bonchev–Trinajstić information content (AvgIpc) is 2.62. The predicted molar refractivity (Wildman–Crippen MR) is 92.5 cm³/mol. The van der Waals surface area contributed by atoms with Gasteiger partial charge in [0.25, 0.3) is 0 Å². The smallest absolute Gasteiger partial charge is 0.409 e. The minimum atomic E-state index is -0.323. The summed E-state index contributed by atoms with van der Waals surface area (Å²) >= 11 is 0. The van der Waals surface area contributed by atoms with Crippen molar-refractivity contribution in [3.63, 3.8) is 0 Å². The van der Waals surface area contributed by atoms with Crippen molar-refractivity contribution in [1.82, 2.24) is 14.9 Å². The number of nitrogens with zero attached hydrogens (tertiary/aromatic N) is 4. The molecule has 1 fully saturated rings. The molecule has 1 aromatic carbocycles. The largest absolute Gasteiger partial charge is 0.450 e. The van der Waals surface area contributed by atoms with E-state index >= 15 is 0 Å². The fraction of sp³-hybridized carbons (Fsp3) is 0.353. The highest BCUT2D eigenvalue weighted by molar-refractivity contribution is 5.68. The second-order valence-corrected chi connectivity index (χ2v) is 5.55. The molecule has 25 heavy (non-hydrogen) atoms. The molecule has 0 aliphatic carbocycles. The first-order chi connectivity index (χ1) is 12.2. The Labute approximate surface area is 145 Å². The molecule has 1 aromatic heterocycles. The maximum atomic E-state index is 13.3. The van der Waals surface area contributed by atoms with E-state index < -0.39 is 0 Å². The van der Waals surface area contributed by atoms with Crippen LogP contribution in [-0.2, 0) is 4.74 Å². The highest BCUT2D eigenvalue weighted by atomic mass is 19.1. The Balaban J connectivity index is 1.63. The molecule has 3 rings (SSSR count). The van der Waals surface area contributed by atoms with Crippen LogP contribution in [0.2, 0.25) is 0 Å². The Morgan fingerprint density at radius 1 is 1.28 bits per heavy atom. The number of anilines is 3. The summed E-state index contributed by atoms with van der Waals surface area (Å²) in [6.07, 6.45) is 1.38. The molecule has 1 N–H and O–H groups in total. The molecule has 1 aliphatic heterocycles. The molecule has 0 atom stereocenters. The van der Waals surface area contributed by atoms with Crippen LogP contribution in [0.5, 0.6) is 0 Å². The summed E-state index contributed by atoms with van der Waals surface area (Å²) in [6, 6.07) is 7.95. The lowest BCUT2D eigenvalue weighted by molar-refractivity contribution is 0.105. The second kappa shape index (κ2) is 7.78. The number of hydrogen-bond donors (Lipinski definition) is 1. The molecule has 0 saturated carbocycles. The summed E-state index contributed by atoms with van der Waals surface area (Å²) in [4.78, 5) is 24.2. The lowest BCUT2D eigenvalue weighted by atomic mass is 10.3. The molecular formula is C17H20FN5O2. The van der Waals surface area contributed by atoms with Gasteiger partial charge in [-0.3, -0.25) is 0 Å². The molecule has 1 amide bonds. The van der Waals surface area contributed by atoms with Crippen molar-refractivity contribution in [3.05, 3.63) is 42.3 Å². The van der Waals surface area contributed by atoms with E-state index in [1.54, 1.807) is 30.2 Å². The number of nitrogens with one attached hydrogen (secondary N) is 1. The molecule has 132 valence electrons. The van der Waals surface area contributed by atoms with Gasteiger partial charge < -0.3 is 19.9 Å². The maximum Gasteiger partial charge on any atom is 0.409 e. The number of carbonyl (C=O) groups excluding carboxylic acids is 1. The van der Waals surface area contributed by atoms with Crippen LogP contribution in [-0.4, -0.2) is 53.7 Å². The number of hydrogen-bond acceptors (Lipinski definition) is 6. The number of halogens is 1. The van der Waals surface area contributed by atoms with Gasteiger partial charge in [0.2, 0.25) is 5.95 Å². The third-order valence-electron chi connectivity index (χ3n) is 3.85. The maximum absolute atomic E-state index is 13.3. The van der Waals surface area contributed by atoms with E-state index in [1.165, 1.54) is 12.1 Å². The topological polar surface area (TPSA) is 70.6 Å². The Bertz CT molecular complexity index is 734. The summed E-state index contributed by atoms with van der Waals surface area (Å²) < 4.78 is 18.3. The van der Waals surface area contributed by atoms with Gasteiger partial charge in [-0.1, -0.05) is 6.07 Å². The summed E-state index contributed by atoms with van der Waals surface area (Å²) in [5.41, 5.74) is 0.587. The molecular weight excluding hydrogens is 325 g/mol. The number of rotatable bonds is 4. The van der Waals surface area contributed by atoms with Crippen molar-refractivity contribution in [2.45, 2.75) is 6.92 Å². The molecule has 2 heterocycles. The van der Waals surface area contributed by atoms with Crippen molar-refractivity contribution < 1.29 is 13.9 Å². The Kier molecular flexibility index (Phi) is 5.27. The normalized spacial score (nSPS) is 14.3. The van der Waals surface area contributed by atoms with E-state index in [9.17, 15) is 9.18 Å². The van der Waals surface area contributed by atoms with Crippen molar-refractivity contribution in [2.75, 3.05) is 43.0 Å². The van der Waals surface area contributed by atoms with Crippen LogP contribution in [0.1, 0.15) is 6.92 Å². The van der Waals surface area contributed by atoms with Crippen LogP contribution in [0.25, 0.3) is 0 Å². The van der Waals surface area contributed by atoms with E-state index in [1.807, 2.05) is 6.07 Å². The van der Waals surface area contributed by atoms with E-state index in [2.05, 4.69) is 20.2 Å². The molecule has 0 radical (unpaired) electrons. The molecule has 8 heteroatoms. The van der Waals surface area contributed by atoms with Crippen molar-refractivity contribution in [1.29, 1.82) is 0 Å². The molecule has 0 unspecified atom stereocenters. The molecule has 0 spiro atoms. The van der Waals surface area contributed by atoms with Crippen molar-refractivity contribution in [2.24, 2.45) is 0 Å². The summed E-state index contributed by atoms with van der Waals surface area (Å²) in [7, 11) is 0. The second-order valence-electron chi connectivity index (χ2n) is 5.55. The number of benzene rings is 1. The lowest BCUT2D eigenvalue weighted by Crippen LogP contribution is -2.49. The van der Waals surface area contributed by atoms with Gasteiger partial charge in [0.15, 0.2) is 0 Å². The molecule has 1 aliphatic rings. The fourth-order valence-corrected chi connectivity index (χ4v) is 2.61. The van der Waals surface area contributed by atoms with Gasteiger partial charge in [0, 0.05) is 38.1 Å². The minimum Gasteiger partial charge on any atom is -0.450 e. The monoisotopic (exact) mass is 345 g/mol. The molecule has 7 nitrogen and oxygen atoms in total. The highest BCUT2D eigenvalue weighted by Crippen LogP contribution is 2.18. The van der Waals surface area contributed by atoms with Gasteiger partial charge in [-0.05, 0) is 31.2 Å². The fourth-order valence-electron chi connectivity index (χ4n) is 2.61. The minimum absolute atomic E-state index is 0.279. The first-order valence-corrected chi connectivity index (χ1v) is 8.18. The number of piperazine rings is 1. The molecule has 0 bridgehead atoms. The SMILES string of the molecule is CCOC(=O)N1CCN(c2ccnc(Nc3cccc(F)c3)n2)CC1. The van der Waals surface area contributed by atoms with Crippen LogP contribution in [0.4, 0.5) is 26.6 Å². The first-order valence-electron chi connectivity index (χ1n) is 8.18. The van der Waals surface area contributed by atoms with Gasteiger partial charge >= 0.3 is 6.09 Å². The van der Waals surface area contributed by atoms with Crippen LogP contribution in [0.15, 0.2) is 36.5 Å². The third kappa shape index (κ3) is 4.34. The van der Waals surface area contributed by atoms with Gasteiger partial charge in [-0.25, -0.2) is 14.2 Å². The Hall–Kier alpha value is -2.90. The number of ether oxygens (including phenoxy) is 1. The summed E-state index contributed by atoms with van der Waals surface area (Å²) in [5, 5.41) is 2.99. The average molecular weight is 345 g/mol. The third-order valence-corrected chi connectivity index (χ3v) is 3.85. The van der Waals surface area contributed by atoms with Gasteiger partial charge in [-0.2, -0.15) is 4.98 Å². The van der Waals surface area contributed by atoms with Crippen LogP contribution < -0.4 is 10.2 Å². The van der Waals surface area contributed by atoms with Crippen LogP contribution in [0, 0.1) is 5.82 Å². The first kappa shape index (κ1) is 16.9. The molecule has 1 saturated heterocycles. The van der Waals surface area contributed by atoms with Crippen LogP contribution >= 0.6 is 0 Å². The number of amides is 1. The number of aromatic nitrogens is 2. The van der Waals surface area contributed by atoms with Crippen molar-refractivity contribution >= 4 is 23.5 Å². The quantitative estimate of drug-likeness (QED) is 0.919. The van der Waals surface area contributed by atoms with Crippen LogP contribution in [0.3, 0.4) is 0 Å². The van der Waals surface area contributed by atoms with Crippen molar-refractivity contribution in [3.8, 4) is 0 Å².